The van der Waals surface area contributed by atoms with Gasteiger partial charge in [-0.15, -0.1) is 0 Å². The summed E-state index contributed by atoms with van der Waals surface area (Å²) in [6, 6.07) is 0. The quantitative estimate of drug-likeness (QED) is 0.0282. The Morgan fingerprint density at radius 3 is 1.12 bits per heavy atom. The van der Waals surface area contributed by atoms with E-state index in [1.54, 1.807) is 0 Å². The number of unbranched alkanes of at least 4 members (excludes halogenated alkanes) is 25. The molecule has 5 nitrogen and oxygen atoms in total. The number of hydrogen-bond acceptors (Lipinski definition) is 5. The first-order chi connectivity index (χ1) is 19.5. The Hall–Kier alpha value is 0.570. The van der Waals surface area contributed by atoms with Crippen molar-refractivity contribution in [2.75, 3.05) is 13.2 Å². The summed E-state index contributed by atoms with van der Waals surface area (Å²) in [5.41, 5.74) is 0. The molecule has 0 fully saturated rings. The summed E-state index contributed by atoms with van der Waals surface area (Å²) >= 11 is 0. The smallest absolute Gasteiger partial charge is 0.726 e. The van der Waals surface area contributed by atoms with E-state index in [9.17, 15) is 13.0 Å². The minimum Gasteiger partial charge on any atom is -0.726 e. The zero-order valence-corrected chi connectivity index (χ0v) is 30.7. The van der Waals surface area contributed by atoms with Crippen LogP contribution in [0.4, 0.5) is 0 Å². The fourth-order valence-electron chi connectivity index (χ4n) is 4.82. The van der Waals surface area contributed by atoms with E-state index in [-0.39, 0.29) is 36.2 Å². The molecule has 0 amide bonds. The second kappa shape index (κ2) is 40.6. The first-order valence-corrected chi connectivity index (χ1v) is 18.7. The first kappa shape index (κ1) is 46.0. The van der Waals surface area contributed by atoms with Crippen LogP contribution in [0.1, 0.15) is 194 Å². The van der Waals surface area contributed by atoms with Crippen molar-refractivity contribution in [2.45, 2.75) is 194 Å². The molecular formula is C34H69NaO5S. The molecule has 0 aromatic heterocycles. The molecule has 0 spiro atoms. The van der Waals surface area contributed by atoms with Gasteiger partial charge in [0.05, 0.1) is 6.61 Å². The third-order valence-corrected chi connectivity index (χ3v) is 7.85. The Kier molecular flexibility index (Phi) is 45.5. The summed E-state index contributed by atoms with van der Waals surface area (Å²) < 4.78 is 34.7. The van der Waals surface area contributed by atoms with Crippen molar-refractivity contribution in [1.29, 1.82) is 0 Å². The van der Waals surface area contributed by atoms with E-state index in [0.717, 1.165) is 19.3 Å². The van der Waals surface area contributed by atoms with Crippen LogP contribution in [0.25, 0.3) is 0 Å². The van der Waals surface area contributed by atoms with E-state index in [1.807, 2.05) is 0 Å². The summed E-state index contributed by atoms with van der Waals surface area (Å²) in [7, 11) is -4.49. The Balaban J connectivity index is -0.000000691. The molecular weight excluding hydrogens is 543 g/mol. The molecule has 0 bridgehead atoms. The van der Waals surface area contributed by atoms with E-state index >= 15 is 0 Å². The summed E-state index contributed by atoms with van der Waals surface area (Å²) in [6.45, 7) is 4.92. The zero-order valence-electron chi connectivity index (χ0n) is 27.9. The maximum atomic E-state index is 10.2. The van der Waals surface area contributed by atoms with Gasteiger partial charge in [-0.1, -0.05) is 167 Å². The van der Waals surface area contributed by atoms with Crippen LogP contribution in [-0.4, -0.2) is 31.3 Å². The summed E-state index contributed by atoms with van der Waals surface area (Å²) in [5, 5.41) is 8.66. The van der Waals surface area contributed by atoms with Crippen LogP contribution in [0.5, 0.6) is 0 Å². The SMILES string of the molecule is CCCCCCCC/C=C\CCCCCCCCO.CCCCCCCCCCCCCCCCOS(=O)(=O)[O-].[Na+]. The van der Waals surface area contributed by atoms with Gasteiger partial charge in [-0.25, -0.2) is 8.42 Å². The van der Waals surface area contributed by atoms with Gasteiger partial charge < -0.3 is 9.66 Å². The molecule has 7 heteroatoms. The Labute approximate surface area is 279 Å². The number of hydrogen-bond donors (Lipinski definition) is 1. The van der Waals surface area contributed by atoms with Crippen LogP contribution in [-0.2, 0) is 14.6 Å². The average molecular weight is 613 g/mol. The fourth-order valence-corrected chi connectivity index (χ4v) is 5.14. The van der Waals surface area contributed by atoms with E-state index in [1.165, 1.54) is 154 Å². The molecule has 41 heavy (non-hydrogen) atoms. The molecule has 0 aromatic carbocycles. The molecule has 0 rings (SSSR count). The van der Waals surface area contributed by atoms with Gasteiger partial charge >= 0.3 is 29.6 Å². The molecule has 0 aliphatic heterocycles. The van der Waals surface area contributed by atoms with Crippen LogP contribution in [0.15, 0.2) is 12.2 Å². The van der Waals surface area contributed by atoms with E-state index in [0.29, 0.717) is 13.0 Å². The van der Waals surface area contributed by atoms with Gasteiger partial charge in [0.25, 0.3) is 0 Å². The molecule has 0 aliphatic rings. The third kappa shape index (κ3) is 50.5. The van der Waals surface area contributed by atoms with E-state index < -0.39 is 10.4 Å². The second-order valence-corrected chi connectivity index (χ2v) is 12.5. The zero-order chi connectivity index (χ0) is 29.8. The summed E-state index contributed by atoms with van der Waals surface area (Å²) in [5.74, 6) is 0. The molecule has 1 N–H and O–H groups in total. The number of aliphatic hydroxyl groups excluding tert-OH is 1. The van der Waals surface area contributed by atoms with Gasteiger partial charge in [0.2, 0.25) is 10.4 Å². The van der Waals surface area contributed by atoms with Crippen molar-refractivity contribution in [2.24, 2.45) is 0 Å². The van der Waals surface area contributed by atoms with Gasteiger partial charge in [-0.05, 0) is 38.5 Å². The largest absolute Gasteiger partial charge is 1.00 e. The van der Waals surface area contributed by atoms with Crippen LogP contribution in [0.2, 0.25) is 0 Å². The Morgan fingerprint density at radius 1 is 0.512 bits per heavy atom. The van der Waals surface area contributed by atoms with Crippen LogP contribution < -0.4 is 29.6 Å². The van der Waals surface area contributed by atoms with Crippen molar-refractivity contribution < 1.29 is 51.8 Å². The first-order valence-electron chi connectivity index (χ1n) is 17.3. The molecule has 0 heterocycles. The molecule has 0 saturated heterocycles. The number of rotatable bonds is 31. The van der Waals surface area contributed by atoms with Gasteiger partial charge in [-0.2, -0.15) is 0 Å². The van der Waals surface area contributed by atoms with Crippen LogP contribution >= 0.6 is 0 Å². The minimum atomic E-state index is -4.49. The molecule has 0 unspecified atom stereocenters. The number of aliphatic hydroxyl groups is 1. The van der Waals surface area contributed by atoms with Gasteiger partial charge in [-0.3, -0.25) is 4.18 Å². The molecule has 0 saturated carbocycles. The molecule has 0 atom stereocenters. The Morgan fingerprint density at radius 2 is 0.805 bits per heavy atom. The average Bonchev–Trinajstić information content (AvgIpc) is 2.93. The maximum absolute atomic E-state index is 10.2. The predicted octanol–water partition coefficient (Wildman–Crippen LogP) is 7.96. The molecule has 0 aromatic rings. The van der Waals surface area contributed by atoms with Crippen molar-refractivity contribution in [3.05, 3.63) is 12.2 Å². The van der Waals surface area contributed by atoms with E-state index in [4.69, 9.17) is 5.11 Å². The molecule has 0 aliphatic carbocycles. The maximum Gasteiger partial charge on any atom is 1.00 e. The van der Waals surface area contributed by atoms with Gasteiger partial charge in [0.15, 0.2) is 0 Å². The molecule has 0 radical (unpaired) electrons. The van der Waals surface area contributed by atoms with Crippen molar-refractivity contribution >= 4 is 10.4 Å². The van der Waals surface area contributed by atoms with Crippen molar-refractivity contribution in [3.63, 3.8) is 0 Å². The fraction of sp³-hybridized carbons (Fsp3) is 0.941. The normalized spacial score (nSPS) is 11.4. The Bertz CT molecular complexity index is 584. The topological polar surface area (TPSA) is 86.7 Å². The molecule has 242 valence electrons. The second-order valence-electron chi connectivity index (χ2n) is 11.5. The van der Waals surface area contributed by atoms with Crippen LogP contribution in [0, 0.1) is 0 Å². The minimum absolute atomic E-state index is 0. The van der Waals surface area contributed by atoms with Crippen LogP contribution in [0.3, 0.4) is 0 Å². The number of allylic oxidation sites excluding steroid dienone is 2. The summed E-state index contributed by atoms with van der Waals surface area (Å²) in [6.07, 6.45) is 40.6. The van der Waals surface area contributed by atoms with Gasteiger partial charge in [0.1, 0.15) is 0 Å². The van der Waals surface area contributed by atoms with E-state index in [2.05, 4.69) is 30.2 Å². The third-order valence-electron chi connectivity index (χ3n) is 7.40. The summed E-state index contributed by atoms with van der Waals surface area (Å²) in [4.78, 5) is 0. The van der Waals surface area contributed by atoms with Crippen molar-refractivity contribution in [1.82, 2.24) is 0 Å². The standard InChI is InChI=1S/C18H36O.C16H34O4S.Na/c1-2-3-4-5-6-7-8-9-10-11-12-13-14-15-16-17-18-19;1-2-3-4-5-6-7-8-9-10-11-12-13-14-15-16-20-21(17,18)19;/h9-10,19H,2-8,11-18H2,1H3;2-16H2,1H3,(H,17,18,19);/q;;+1/p-1/b10-9-;;. The monoisotopic (exact) mass is 612 g/mol. The van der Waals surface area contributed by atoms with Gasteiger partial charge in [0, 0.05) is 6.61 Å². The van der Waals surface area contributed by atoms with Crippen molar-refractivity contribution in [3.8, 4) is 0 Å². The predicted molar refractivity (Wildman–Crippen MR) is 172 cm³/mol.